The molecular weight excluding hydrogens is 378 g/mol. The first-order valence-corrected chi connectivity index (χ1v) is 10.2. The number of carbonyl (C=O) groups is 3. The zero-order valence-electron chi connectivity index (χ0n) is 18.1. The van der Waals surface area contributed by atoms with Gasteiger partial charge in [0.25, 0.3) is 0 Å². The maximum Gasteiger partial charge on any atom is 0.243 e. The Bertz CT molecular complexity index is 932. The van der Waals surface area contributed by atoms with Crippen molar-refractivity contribution in [3.05, 3.63) is 64.7 Å². The van der Waals surface area contributed by atoms with E-state index in [1.165, 1.54) is 4.90 Å². The zero-order valence-corrected chi connectivity index (χ0v) is 18.1. The molecule has 0 radical (unpaired) electrons. The number of amides is 3. The summed E-state index contributed by atoms with van der Waals surface area (Å²) >= 11 is 0. The minimum absolute atomic E-state index is 0.0269. The van der Waals surface area contributed by atoms with Crippen molar-refractivity contribution in [1.82, 2.24) is 9.80 Å². The molecule has 0 bridgehead atoms. The van der Waals surface area contributed by atoms with Gasteiger partial charge in [-0.1, -0.05) is 48.0 Å². The molecule has 1 heterocycles. The lowest BCUT2D eigenvalue weighted by atomic mass is 10.0. The fourth-order valence-electron chi connectivity index (χ4n) is 4.06. The van der Waals surface area contributed by atoms with Crippen LogP contribution in [0.15, 0.2) is 42.5 Å². The number of carbonyl (C=O) groups excluding carboxylic acids is 3. The maximum atomic E-state index is 12.8. The standard InChI is InChI=1S/C24H29N3O3/c1-16-10-17(2)23(18(3)11-16)25-21(28)15-26(4)24(30)20-12-22(29)27(14-20)13-19-8-6-5-7-9-19/h5-11,20H,12-15H2,1-4H3,(H,25,28). The highest BCUT2D eigenvalue weighted by Crippen LogP contribution is 2.23. The van der Waals surface area contributed by atoms with E-state index < -0.39 is 5.92 Å². The summed E-state index contributed by atoms with van der Waals surface area (Å²) < 4.78 is 0. The van der Waals surface area contributed by atoms with E-state index in [0.717, 1.165) is 27.9 Å². The predicted octanol–water partition coefficient (Wildman–Crippen LogP) is 3.06. The molecule has 0 saturated carbocycles. The third-order valence-corrected chi connectivity index (χ3v) is 5.48. The molecule has 1 aliphatic rings. The molecule has 1 atom stereocenters. The van der Waals surface area contributed by atoms with Gasteiger partial charge in [-0.25, -0.2) is 0 Å². The number of nitrogens with zero attached hydrogens (tertiary/aromatic N) is 2. The normalized spacial score (nSPS) is 15.9. The van der Waals surface area contributed by atoms with Gasteiger partial charge in [-0.3, -0.25) is 14.4 Å². The van der Waals surface area contributed by atoms with E-state index in [1.54, 1.807) is 11.9 Å². The van der Waals surface area contributed by atoms with Crippen molar-refractivity contribution in [3.8, 4) is 0 Å². The molecule has 0 spiro atoms. The van der Waals surface area contributed by atoms with Crippen LogP contribution in [0.2, 0.25) is 0 Å². The summed E-state index contributed by atoms with van der Waals surface area (Å²) in [4.78, 5) is 40.8. The fraction of sp³-hybridized carbons (Fsp3) is 0.375. The summed E-state index contributed by atoms with van der Waals surface area (Å²) in [6.07, 6.45) is 0.188. The number of nitrogens with one attached hydrogen (secondary N) is 1. The highest BCUT2D eigenvalue weighted by atomic mass is 16.2. The molecule has 3 amide bonds. The summed E-state index contributed by atoms with van der Waals surface area (Å²) in [5, 5.41) is 2.92. The Kier molecular flexibility index (Phi) is 6.55. The van der Waals surface area contributed by atoms with Crippen molar-refractivity contribution < 1.29 is 14.4 Å². The molecule has 158 valence electrons. The largest absolute Gasteiger partial charge is 0.338 e. The van der Waals surface area contributed by atoms with Gasteiger partial charge in [0, 0.05) is 32.2 Å². The molecule has 1 fully saturated rings. The number of likely N-dealkylation sites (tertiary alicyclic amines) is 1. The molecule has 2 aromatic rings. The van der Waals surface area contributed by atoms with Gasteiger partial charge < -0.3 is 15.1 Å². The molecule has 6 nitrogen and oxygen atoms in total. The molecule has 2 aromatic carbocycles. The molecule has 3 rings (SSSR count). The van der Waals surface area contributed by atoms with Gasteiger partial charge in [-0.2, -0.15) is 0 Å². The SMILES string of the molecule is Cc1cc(C)c(NC(=O)CN(C)C(=O)C2CC(=O)N(Cc3ccccc3)C2)c(C)c1. The van der Waals surface area contributed by atoms with Gasteiger partial charge in [0.05, 0.1) is 12.5 Å². The predicted molar refractivity (Wildman–Crippen MR) is 117 cm³/mol. The van der Waals surface area contributed by atoms with Crippen molar-refractivity contribution in [2.45, 2.75) is 33.7 Å². The zero-order chi connectivity index (χ0) is 21.8. The Balaban J connectivity index is 1.57. The maximum absolute atomic E-state index is 12.8. The van der Waals surface area contributed by atoms with Gasteiger partial charge in [0.15, 0.2) is 0 Å². The first kappa shape index (κ1) is 21.6. The van der Waals surface area contributed by atoms with Gasteiger partial charge in [-0.05, 0) is 37.5 Å². The molecule has 1 N–H and O–H groups in total. The van der Waals surface area contributed by atoms with Crippen LogP contribution in [0.4, 0.5) is 5.69 Å². The third kappa shape index (κ3) is 5.06. The van der Waals surface area contributed by atoms with E-state index in [9.17, 15) is 14.4 Å². The van der Waals surface area contributed by atoms with Gasteiger partial charge in [0.1, 0.15) is 0 Å². The minimum Gasteiger partial charge on any atom is -0.338 e. The number of aryl methyl sites for hydroxylation is 3. The van der Waals surface area contributed by atoms with Crippen LogP contribution in [0.1, 0.15) is 28.7 Å². The molecule has 1 saturated heterocycles. The Hall–Kier alpha value is -3.15. The second kappa shape index (κ2) is 9.11. The Morgan fingerprint density at radius 3 is 2.37 bits per heavy atom. The molecular formula is C24H29N3O3. The highest BCUT2D eigenvalue weighted by Gasteiger charge is 2.36. The summed E-state index contributed by atoms with van der Waals surface area (Å²) in [7, 11) is 1.61. The molecule has 6 heteroatoms. The quantitative estimate of drug-likeness (QED) is 0.800. The van der Waals surface area contributed by atoms with Crippen LogP contribution in [0.25, 0.3) is 0 Å². The second-order valence-electron chi connectivity index (χ2n) is 8.18. The number of rotatable bonds is 6. The minimum atomic E-state index is -0.415. The van der Waals surface area contributed by atoms with Crippen molar-refractivity contribution >= 4 is 23.4 Å². The monoisotopic (exact) mass is 407 g/mol. The summed E-state index contributed by atoms with van der Waals surface area (Å²) in [6, 6.07) is 13.8. The molecule has 0 aromatic heterocycles. The second-order valence-corrected chi connectivity index (χ2v) is 8.18. The van der Waals surface area contributed by atoms with Gasteiger partial charge in [-0.15, -0.1) is 0 Å². The summed E-state index contributed by atoms with van der Waals surface area (Å²) in [5.41, 5.74) is 4.95. The number of hydrogen-bond donors (Lipinski definition) is 1. The van der Waals surface area contributed by atoms with E-state index >= 15 is 0 Å². The fourth-order valence-corrected chi connectivity index (χ4v) is 4.06. The lowest BCUT2D eigenvalue weighted by Gasteiger charge is -2.22. The van der Waals surface area contributed by atoms with Crippen molar-refractivity contribution in [1.29, 1.82) is 0 Å². The summed E-state index contributed by atoms with van der Waals surface area (Å²) in [5.74, 6) is -0.861. The molecule has 1 unspecified atom stereocenters. The Labute approximate surface area is 177 Å². The van der Waals surface area contributed by atoms with E-state index in [4.69, 9.17) is 0 Å². The van der Waals surface area contributed by atoms with Gasteiger partial charge >= 0.3 is 0 Å². The first-order chi connectivity index (χ1) is 14.2. The lowest BCUT2D eigenvalue weighted by Crippen LogP contribution is -2.39. The highest BCUT2D eigenvalue weighted by molar-refractivity contribution is 5.97. The topological polar surface area (TPSA) is 69.7 Å². The van der Waals surface area contributed by atoms with Crippen molar-refractivity contribution in [3.63, 3.8) is 0 Å². The van der Waals surface area contributed by atoms with Crippen LogP contribution in [-0.2, 0) is 20.9 Å². The smallest absolute Gasteiger partial charge is 0.243 e. The molecule has 30 heavy (non-hydrogen) atoms. The Morgan fingerprint density at radius 2 is 1.73 bits per heavy atom. The summed E-state index contributed by atoms with van der Waals surface area (Å²) in [6.45, 7) is 6.76. The van der Waals surface area contributed by atoms with Crippen LogP contribution < -0.4 is 5.32 Å². The van der Waals surface area contributed by atoms with E-state index in [-0.39, 0.29) is 30.7 Å². The number of likely N-dealkylation sites (N-methyl/N-ethyl adjacent to an activating group) is 1. The van der Waals surface area contributed by atoms with Crippen molar-refractivity contribution in [2.24, 2.45) is 5.92 Å². The lowest BCUT2D eigenvalue weighted by molar-refractivity contribution is -0.137. The van der Waals surface area contributed by atoms with E-state index in [0.29, 0.717) is 13.1 Å². The number of hydrogen-bond acceptors (Lipinski definition) is 3. The van der Waals surface area contributed by atoms with Crippen LogP contribution in [0.3, 0.4) is 0 Å². The van der Waals surface area contributed by atoms with Crippen LogP contribution in [-0.4, -0.2) is 47.7 Å². The molecule has 1 aliphatic heterocycles. The van der Waals surface area contributed by atoms with Crippen LogP contribution in [0, 0.1) is 26.7 Å². The van der Waals surface area contributed by atoms with Gasteiger partial charge in [0.2, 0.25) is 17.7 Å². The van der Waals surface area contributed by atoms with E-state index in [1.807, 2.05) is 63.2 Å². The van der Waals surface area contributed by atoms with Crippen molar-refractivity contribution in [2.75, 3.05) is 25.5 Å². The van der Waals surface area contributed by atoms with Crippen LogP contribution >= 0.6 is 0 Å². The molecule has 0 aliphatic carbocycles. The average Bonchev–Trinajstić information content (AvgIpc) is 3.05. The Morgan fingerprint density at radius 1 is 1.10 bits per heavy atom. The average molecular weight is 408 g/mol. The third-order valence-electron chi connectivity index (χ3n) is 5.48. The van der Waals surface area contributed by atoms with E-state index in [2.05, 4.69) is 5.32 Å². The first-order valence-electron chi connectivity index (χ1n) is 10.2. The van der Waals surface area contributed by atoms with Crippen LogP contribution in [0.5, 0.6) is 0 Å². The number of anilines is 1. The number of benzene rings is 2.